The van der Waals surface area contributed by atoms with Gasteiger partial charge in [-0.15, -0.1) is 0 Å². The topological polar surface area (TPSA) is 41.2 Å². The van der Waals surface area contributed by atoms with Gasteiger partial charge in [-0.05, 0) is 5.56 Å². The summed E-state index contributed by atoms with van der Waals surface area (Å²) in [7, 11) is 0. The number of carboxylic acids is 1. The Morgan fingerprint density at radius 2 is 2.15 bits per heavy atom. The maximum atomic E-state index is 10.6. The summed E-state index contributed by atoms with van der Waals surface area (Å²) in [6.07, 6.45) is 5.18. The Labute approximate surface area is 77.0 Å². The highest BCUT2D eigenvalue weighted by Gasteiger charge is 2.19. The van der Waals surface area contributed by atoms with Crippen molar-refractivity contribution in [3.8, 4) is 0 Å². The van der Waals surface area contributed by atoms with Crippen molar-refractivity contribution in [1.29, 1.82) is 0 Å². The highest BCUT2D eigenvalue weighted by Crippen LogP contribution is 1.99. The first-order valence-corrected chi connectivity index (χ1v) is 4.01. The first-order chi connectivity index (χ1) is 6.15. The van der Waals surface area contributed by atoms with E-state index in [0.29, 0.717) is 0 Å². The Morgan fingerprint density at radius 1 is 1.62 bits per heavy atom. The molecule has 0 saturated carbocycles. The Kier molecular flexibility index (Phi) is 2.80. The summed E-state index contributed by atoms with van der Waals surface area (Å²) >= 11 is 0. The normalized spacial score (nSPS) is 12.1. The maximum Gasteiger partial charge on any atom is 0.373 e. The Hall–Kier alpha value is -1.64. The molecule has 0 aliphatic rings. The summed E-state index contributed by atoms with van der Waals surface area (Å²) in [5.74, 6) is -0.837. The van der Waals surface area contributed by atoms with Gasteiger partial charge in [-0.2, -0.15) is 4.57 Å². The first-order valence-electron chi connectivity index (χ1n) is 4.01. The van der Waals surface area contributed by atoms with Gasteiger partial charge in [0.05, 0.1) is 0 Å². The van der Waals surface area contributed by atoms with Gasteiger partial charge in [0.15, 0.2) is 12.4 Å². The van der Waals surface area contributed by atoms with Crippen molar-refractivity contribution in [3.63, 3.8) is 0 Å². The van der Waals surface area contributed by atoms with Crippen LogP contribution >= 0.6 is 0 Å². The van der Waals surface area contributed by atoms with E-state index in [1.165, 1.54) is 0 Å². The molecule has 3 heteroatoms. The van der Waals surface area contributed by atoms with E-state index >= 15 is 0 Å². The number of carboxylic acid groups (broad SMARTS) is 1. The number of rotatable bonds is 3. The third-order valence-corrected chi connectivity index (χ3v) is 1.92. The molecule has 1 N–H and O–H groups in total. The van der Waals surface area contributed by atoms with E-state index in [2.05, 4.69) is 6.58 Å². The minimum Gasteiger partial charge on any atom is -0.476 e. The fourth-order valence-corrected chi connectivity index (χ4v) is 0.971. The minimum atomic E-state index is -0.837. The van der Waals surface area contributed by atoms with Crippen LogP contribution in [0.2, 0.25) is 0 Å². The molecule has 0 spiro atoms. The molecule has 1 heterocycles. The predicted molar refractivity (Wildman–Crippen MR) is 49.1 cm³/mol. The highest BCUT2D eigenvalue weighted by atomic mass is 16.4. The monoisotopic (exact) mass is 178 g/mol. The third-order valence-electron chi connectivity index (χ3n) is 1.92. The van der Waals surface area contributed by atoms with Crippen LogP contribution < -0.4 is 4.57 Å². The summed E-state index contributed by atoms with van der Waals surface area (Å²) in [5.41, 5.74) is 0.980. The lowest BCUT2D eigenvalue weighted by Gasteiger charge is -2.00. The Balaban J connectivity index is 2.91. The van der Waals surface area contributed by atoms with Crippen molar-refractivity contribution < 1.29 is 14.5 Å². The number of nitrogens with zero attached hydrogens (tertiary/aromatic N) is 1. The van der Waals surface area contributed by atoms with Crippen LogP contribution in [0.3, 0.4) is 0 Å². The molecule has 3 nitrogen and oxygen atoms in total. The lowest BCUT2D eigenvalue weighted by Crippen LogP contribution is -2.41. The van der Waals surface area contributed by atoms with Crippen LogP contribution in [0.25, 0.3) is 6.08 Å². The first kappa shape index (κ1) is 9.45. The molecule has 0 aliphatic heterocycles. The van der Waals surface area contributed by atoms with Crippen LogP contribution in [0.1, 0.15) is 18.5 Å². The summed E-state index contributed by atoms with van der Waals surface area (Å²) in [4.78, 5) is 10.6. The average molecular weight is 178 g/mol. The van der Waals surface area contributed by atoms with Gasteiger partial charge >= 0.3 is 5.97 Å². The molecule has 0 aliphatic carbocycles. The van der Waals surface area contributed by atoms with E-state index in [9.17, 15) is 4.79 Å². The largest absolute Gasteiger partial charge is 0.476 e. The van der Waals surface area contributed by atoms with Crippen molar-refractivity contribution in [2.75, 3.05) is 0 Å². The summed E-state index contributed by atoms with van der Waals surface area (Å²) < 4.78 is 1.63. The van der Waals surface area contributed by atoms with Crippen molar-refractivity contribution in [3.05, 3.63) is 36.7 Å². The van der Waals surface area contributed by atoms with Crippen LogP contribution in [-0.2, 0) is 4.79 Å². The van der Waals surface area contributed by atoms with Crippen LogP contribution in [0.15, 0.2) is 31.1 Å². The third kappa shape index (κ3) is 2.15. The van der Waals surface area contributed by atoms with Gasteiger partial charge in [0.2, 0.25) is 0 Å². The Morgan fingerprint density at radius 3 is 2.54 bits per heavy atom. The van der Waals surface area contributed by atoms with Crippen molar-refractivity contribution in [2.45, 2.75) is 13.0 Å². The van der Waals surface area contributed by atoms with E-state index in [-0.39, 0.29) is 0 Å². The van der Waals surface area contributed by atoms with Crippen LogP contribution in [0.5, 0.6) is 0 Å². The smallest absolute Gasteiger partial charge is 0.373 e. The number of carbonyl (C=O) groups is 1. The maximum absolute atomic E-state index is 10.6. The fraction of sp³-hybridized carbons (Fsp3) is 0.200. The van der Waals surface area contributed by atoms with E-state index in [4.69, 9.17) is 5.11 Å². The van der Waals surface area contributed by atoms with Crippen molar-refractivity contribution in [1.82, 2.24) is 0 Å². The summed E-state index contributed by atoms with van der Waals surface area (Å²) in [6.45, 7) is 5.25. The highest BCUT2D eigenvalue weighted by molar-refractivity contribution is 5.69. The van der Waals surface area contributed by atoms with Gasteiger partial charge < -0.3 is 5.11 Å². The minimum absolute atomic E-state index is 0.529. The second-order valence-corrected chi connectivity index (χ2v) is 2.80. The quantitative estimate of drug-likeness (QED) is 0.708. The zero-order chi connectivity index (χ0) is 9.84. The van der Waals surface area contributed by atoms with Gasteiger partial charge in [-0.3, -0.25) is 0 Å². The molecule has 0 amide bonds. The number of hydrogen-bond donors (Lipinski definition) is 1. The molecular weight excluding hydrogens is 166 g/mol. The molecule has 1 rings (SSSR count). The second kappa shape index (κ2) is 3.85. The number of aromatic nitrogens is 1. The molecule has 1 unspecified atom stereocenters. The zero-order valence-electron chi connectivity index (χ0n) is 7.47. The molecule has 0 aromatic carbocycles. The second-order valence-electron chi connectivity index (χ2n) is 2.80. The summed E-state index contributed by atoms with van der Waals surface area (Å²) in [6, 6.07) is 3.12. The van der Waals surface area contributed by atoms with E-state index in [1.54, 1.807) is 30.0 Å². The molecular formula is C10H12NO2+. The van der Waals surface area contributed by atoms with Gasteiger partial charge in [-0.1, -0.05) is 12.7 Å². The predicted octanol–water partition coefficient (Wildman–Crippen LogP) is 1.26. The van der Waals surface area contributed by atoms with Crippen LogP contribution in [-0.4, -0.2) is 11.1 Å². The van der Waals surface area contributed by atoms with Crippen LogP contribution in [0, 0.1) is 0 Å². The van der Waals surface area contributed by atoms with Crippen LogP contribution in [0.4, 0.5) is 0 Å². The molecule has 1 aromatic heterocycles. The van der Waals surface area contributed by atoms with Gasteiger partial charge in [0.25, 0.3) is 6.04 Å². The van der Waals surface area contributed by atoms with Gasteiger partial charge in [0.1, 0.15) is 0 Å². The van der Waals surface area contributed by atoms with Crippen molar-refractivity contribution >= 4 is 12.0 Å². The molecule has 68 valence electrons. The lowest BCUT2D eigenvalue weighted by molar-refractivity contribution is -0.707. The molecule has 0 bridgehead atoms. The number of pyridine rings is 1. The SMILES string of the molecule is C=Cc1cc[n+](C(C)C(=O)O)cc1. The number of aliphatic carboxylic acids is 1. The van der Waals surface area contributed by atoms with Crippen molar-refractivity contribution in [2.24, 2.45) is 0 Å². The molecule has 13 heavy (non-hydrogen) atoms. The van der Waals surface area contributed by atoms with Gasteiger partial charge in [-0.25, -0.2) is 4.79 Å². The van der Waals surface area contributed by atoms with E-state index in [0.717, 1.165) is 5.56 Å². The standard InChI is InChI=1S/C10H11NO2/c1-3-9-4-6-11(7-5-9)8(2)10(12)13/h3-8H,1H2,2H3/p+1. The van der Waals surface area contributed by atoms with E-state index in [1.807, 2.05) is 12.1 Å². The molecule has 0 saturated heterocycles. The van der Waals surface area contributed by atoms with E-state index < -0.39 is 12.0 Å². The molecule has 1 aromatic rings. The average Bonchev–Trinajstić information content (AvgIpc) is 2.17. The molecule has 0 fully saturated rings. The summed E-state index contributed by atoms with van der Waals surface area (Å²) in [5, 5.41) is 8.72. The molecule has 0 radical (unpaired) electrons. The molecule has 1 atom stereocenters. The fourth-order valence-electron chi connectivity index (χ4n) is 0.971. The Bertz CT molecular complexity index is 316. The number of hydrogen-bond acceptors (Lipinski definition) is 1. The van der Waals surface area contributed by atoms with Gasteiger partial charge in [0, 0.05) is 19.1 Å². The lowest BCUT2D eigenvalue weighted by atomic mass is 10.2. The zero-order valence-corrected chi connectivity index (χ0v) is 7.47.